The Morgan fingerprint density at radius 3 is 3.21 bits per heavy atom. The quantitative estimate of drug-likeness (QED) is 0.926. The highest BCUT2D eigenvalue weighted by molar-refractivity contribution is 7.22. The van der Waals surface area contributed by atoms with Gasteiger partial charge in [-0.05, 0) is 24.6 Å². The third-order valence-electron chi connectivity index (χ3n) is 3.42. The van der Waals surface area contributed by atoms with Crippen LogP contribution < -0.4 is 10.2 Å². The molecule has 6 heteroatoms. The second-order valence-corrected chi connectivity index (χ2v) is 6.10. The van der Waals surface area contributed by atoms with Crippen LogP contribution in [0.3, 0.4) is 0 Å². The molecule has 100 valence electrons. The number of rotatable bonds is 2. The summed E-state index contributed by atoms with van der Waals surface area (Å²) in [6.07, 6.45) is 0.885. The molecule has 1 unspecified atom stereocenters. The maximum Gasteiger partial charge on any atom is 0.224 e. The number of carbonyl (C=O) groups is 1. The first kappa shape index (κ1) is 12.7. The fourth-order valence-corrected chi connectivity index (χ4v) is 3.65. The van der Waals surface area contributed by atoms with Crippen molar-refractivity contribution < 1.29 is 4.79 Å². The van der Waals surface area contributed by atoms with Gasteiger partial charge in [0.05, 0.1) is 16.1 Å². The van der Waals surface area contributed by atoms with Gasteiger partial charge >= 0.3 is 0 Å². The number of benzene rings is 1. The molecule has 3 rings (SSSR count). The van der Waals surface area contributed by atoms with Crippen LogP contribution in [0.1, 0.15) is 6.42 Å². The Hall–Kier alpha value is -1.33. The van der Waals surface area contributed by atoms with Gasteiger partial charge in [-0.1, -0.05) is 22.9 Å². The molecule has 19 heavy (non-hydrogen) atoms. The average molecular weight is 296 g/mol. The zero-order chi connectivity index (χ0) is 13.4. The van der Waals surface area contributed by atoms with Crippen molar-refractivity contribution in [1.82, 2.24) is 10.3 Å². The van der Waals surface area contributed by atoms with Crippen LogP contribution in [-0.2, 0) is 4.79 Å². The first-order valence-electron chi connectivity index (χ1n) is 6.20. The Kier molecular flexibility index (Phi) is 3.33. The minimum atomic E-state index is 0.0700. The summed E-state index contributed by atoms with van der Waals surface area (Å²) in [6.45, 7) is 1.62. The number of anilines is 1. The van der Waals surface area contributed by atoms with Gasteiger partial charge in [0.25, 0.3) is 0 Å². The molecule has 0 spiro atoms. The Bertz CT molecular complexity index is 627. The minimum Gasteiger partial charge on any atom is -0.359 e. The molecule has 1 saturated heterocycles. The maximum atomic E-state index is 11.6. The van der Waals surface area contributed by atoms with E-state index in [1.807, 2.05) is 18.2 Å². The van der Waals surface area contributed by atoms with Gasteiger partial charge in [0.2, 0.25) is 5.91 Å². The molecule has 1 aliphatic heterocycles. The summed E-state index contributed by atoms with van der Waals surface area (Å²) in [7, 11) is 1.69. The van der Waals surface area contributed by atoms with E-state index in [4.69, 9.17) is 11.6 Å². The molecule has 1 aliphatic rings. The molecular weight excluding hydrogens is 282 g/mol. The van der Waals surface area contributed by atoms with E-state index in [9.17, 15) is 4.79 Å². The second-order valence-electron chi connectivity index (χ2n) is 4.65. The molecule has 2 aromatic rings. The van der Waals surface area contributed by atoms with Crippen molar-refractivity contribution in [1.29, 1.82) is 0 Å². The van der Waals surface area contributed by atoms with Gasteiger partial charge in [0, 0.05) is 25.2 Å². The van der Waals surface area contributed by atoms with Crippen molar-refractivity contribution in [3.05, 3.63) is 23.2 Å². The molecule has 1 N–H and O–H groups in total. The first-order valence-corrected chi connectivity index (χ1v) is 7.39. The van der Waals surface area contributed by atoms with Crippen LogP contribution in [-0.4, -0.2) is 31.0 Å². The van der Waals surface area contributed by atoms with Gasteiger partial charge in [-0.3, -0.25) is 4.79 Å². The van der Waals surface area contributed by atoms with Gasteiger partial charge in [-0.15, -0.1) is 0 Å². The molecule has 1 amide bonds. The fourth-order valence-electron chi connectivity index (χ4n) is 2.37. The molecule has 1 aromatic heterocycles. The van der Waals surface area contributed by atoms with E-state index in [0.717, 1.165) is 39.9 Å². The van der Waals surface area contributed by atoms with Gasteiger partial charge in [0.1, 0.15) is 0 Å². The lowest BCUT2D eigenvalue weighted by atomic mass is 10.1. The normalized spacial score (nSPS) is 19.1. The zero-order valence-corrected chi connectivity index (χ0v) is 12.1. The van der Waals surface area contributed by atoms with Crippen molar-refractivity contribution in [2.24, 2.45) is 5.92 Å². The van der Waals surface area contributed by atoms with Gasteiger partial charge in [-0.25, -0.2) is 4.98 Å². The number of aromatic nitrogens is 1. The Morgan fingerprint density at radius 1 is 1.58 bits per heavy atom. The molecule has 0 radical (unpaired) electrons. The summed E-state index contributed by atoms with van der Waals surface area (Å²) in [6, 6.07) is 5.72. The summed E-state index contributed by atoms with van der Waals surface area (Å²) >= 11 is 7.61. The predicted octanol–water partition coefficient (Wildman–Crippen LogP) is 2.52. The predicted molar refractivity (Wildman–Crippen MR) is 79.0 cm³/mol. The lowest BCUT2D eigenvalue weighted by Gasteiger charge is -2.13. The summed E-state index contributed by atoms with van der Waals surface area (Å²) in [5.74, 6) is 0.187. The second kappa shape index (κ2) is 4.98. The molecule has 0 aliphatic carbocycles. The van der Waals surface area contributed by atoms with Crippen molar-refractivity contribution >= 4 is 44.2 Å². The van der Waals surface area contributed by atoms with Crippen LogP contribution in [0.4, 0.5) is 5.13 Å². The van der Waals surface area contributed by atoms with Crippen LogP contribution >= 0.6 is 22.9 Å². The summed E-state index contributed by atoms with van der Waals surface area (Å²) in [4.78, 5) is 18.4. The number of amides is 1. The lowest BCUT2D eigenvalue weighted by Crippen LogP contribution is -2.30. The number of fused-ring (bicyclic) bond motifs is 1. The number of nitrogens with zero attached hydrogens (tertiary/aromatic N) is 2. The summed E-state index contributed by atoms with van der Waals surface area (Å²) in [5.41, 5.74) is 0.966. The highest BCUT2D eigenvalue weighted by Gasteiger charge is 2.29. The number of halogens is 1. The van der Waals surface area contributed by atoms with Crippen molar-refractivity contribution in [2.45, 2.75) is 6.42 Å². The monoisotopic (exact) mass is 295 g/mol. The van der Waals surface area contributed by atoms with E-state index in [2.05, 4.69) is 15.2 Å². The standard InChI is InChI=1S/C13H14ClN3OS/c1-15-12(18)8-4-5-17(7-8)13-16-10-3-2-9(14)6-11(10)19-13/h2-3,6,8H,4-5,7H2,1H3,(H,15,18). The molecule has 0 bridgehead atoms. The van der Waals surface area contributed by atoms with Crippen molar-refractivity contribution in [3.8, 4) is 0 Å². The van der Waals surface area contributed by atoms with Crippen LogP contribution in [0.25, 0.3) is 10.2 Å². The molecule has 2 heterocycles. The van der Waals surface area contributed by atoms with Crippen LogP contribution in [0.5, 0.6) is 0 Å². The van der Waals surface area contributed by atoms with E-state index < -0.39 is 0 Å². The third kappa shape index (κ3) is 2.40. The smallest absolute Gasteiger partial charge is 0.224 e. The lowest BCUT2D eigenvalue weighted by molar-refractivity contribution is -0.123. The van der Waals surface area contributed by atoms with Crippen molar-refractivity contribution in [2.75, 3.05) is 25.0 Å². The fraction of sp³-hybridized carbons (Fsp3) is 0.385. The van der Waals surface area contributed by atoms with E-state index in [1.54, 1.807) is 18.4 Å². The number of thiazole rings is 1. The van der Waals surface area contributed by atoms with E-state index in [1.165, 1.54) is 0 Å². The Labute approximate surface area is 120 Å². The Balaban J connectivity index is 1.83. The largest absolute Gasteiger partial charge is 0.359 e. The van der Waals surface area contributed by atoms with E-state index in [0.29, 0.717) is 0 Å². The van der Waals surface area contributed by atoms with Gasteiger partial charge in [-0.2, -0.15) is 0 Å². The van der Waals surface area contributed by atoms with Gasteiger partial charge in [0.15, 0.2) is 5.13 Å². The van der Waals surface area contributed by atoms with Crippen LogP contribution in [0.15, 0.2) is 18.2 Å². The molecule has 0 saturated carbocycles. The third-order valence-corrected chi connectivity index (χ3v) is 4.73. The maximum absolute atomic E-state index is 11.6. The molecule has 1 aromatic carbocycles. The topological polar surface area (TPSA) is 45.2 Å². The number of nitrogens with one attached hydrogen (secondary N) is 1. The van der Waals surface area contributed by atoms with Gasteiger partial charge < -0.3 is 10.2 Å². The molecular formula is C13H14ClN3OS. The molecule has 1 atom stereocenters. The zero-order valence-electron chi connectivity index (χ0n) is 10.5. The highest BCUT2D eigenvalue weighted by Crippen LogP contribution is 2.33. The number of hydrogen-bond donors (Lipinski definition) is 1. The average Bonchev–Trinajstić information content (AvgIpc) is 3.03. The SMILES string of the molecule is CNC(=O)C1CCN(c2nc3ccc(Cl)cc3s2)C1. The van der Waals surface area contributed by atoms with Crippen LogP contribution in [0.2, 0.25) is 5.02 Å². The van der Waals surface area contributed by atoms with Crippen molar-refractivity contribution in [3.63, 3.8) is 0 Å². The summed E-state index contributed by atoms with van der Waals surface area (Å²) in [5, 5.41) is 4.42. The molecule has 4 nitrogen and oxygen atoms in total. The Morgan fingerprint density at radius 2 is 2.42 bits per heavy atom. The van der Waals surface area contributed by atoms with Crippen LogP contribution in [0, 0.1) is 5.92 Å². The molecule has 1 fully saturated rings. The minimum absolute atomic E-state index is 0.0700. The highest BCUT2D eigenvalue weighted by atomic mass is 35.5. The van der Waals surface area contributed by atoms with E-state index in [-0.39, 0.29) is 11.8 Å². The van der Waals surface area contributed by atoms with E-state index >= 15 is 0 Å². The first-order chi connectivity index (χ1) is 9.17. The number of hydrogen-bond acceptors (Lipinski definition) is 4. The number of carbonyl (C=O) groups excluding carboxylic acids is 1. The summed E-state index contributed by atoms with van der Waals surface area (Å²) < 4.78 is 1.09.